The summed E-state index contributed by atoms with van der Waals surface area (Å²) >= 11 is 6.13. The summed E-state index contributed by atoms with van der Waals surface area (Å²) < 4.78 is 88.1. The van der Waals surface area contributed by atoms with Crippen LogP contribution in [-0.2, 0) is 29.2 Å². The van der Waals surface area contributed by atoms with Crippen molar-refractivity contribution >= 4 is 27.3 Å². The molecule has 4 nitrogen and oxygen atoms in total. The van der Waals surface area contributed by atoms with Gasteiger partial charge in [0.05, 0.1) is 21.2 Å². The fraction of sp³-hybridized carbons (Fsp3) is 0.308. The molecule has 0 atom stereocenters. The van der Waals surface area contributed by atoms with E-state index in [0.717, 1.165) is 46.5 Å². The highest BCUT2D eigenvalue weighted by molar-refractivity contribution is 7.92. The molecular weight excluding hydrogens is 518 g/mol. The van der Waals surface area contributed by atoms with Gasteiger partial charge in [-0.1, -0.05) is 23.7 Å². The number of nitrogens with zero attached hydrogens (tertiary/aromatic N) is 1. The van der Waals surface area contributed by atoms with Crippen molar-refractivity contribution in [1.29, 1.82) is 0 Å². The number of alkyl halides is 3. The maximum Gasteiger partial charge on any atom is 0.416 e. The topological polar surface area (TPSA) is 46.6 Å². The van der Waals surface area contributed by atoms with Crippen LogP contribution in [0.25, 0.3) is 0 Å². The number of hydrogen-bond donors (Lipinski definition) is 0. The molecule has 2 aliphatic rings. The van der Waals surface area contributed by atoms with Crippen molar-refractivity contribution < 1.29 is 30.7 Å². The fourth-order valence-electron chi connectivity index (χ4n) is 4.47. The average molecular weight is 540 g/mol. The third kappa shape index (κ3) is 4.78. The van der Waals surface area contributed by atoms with E-state index >= 15 is 0 Å². The second-order valence-corrected chi connectivity index (χ2v) is 11.3. The normalized spacial score (nSPS) is 16.1. The Balaban J connectivity index is 1.53. The van der Waals surface area contributed by atoms with Crippen molar-refractivity contribution in [1.82, 2.24) is 0 Å². The minimum absolute atomic E-state index is 0.118. The van der Waals surface area contributed by atoms with Crippen LogP contribution < -0.4 is 9.04 Å². The number of fused-ring (bicyclic) bond motifs is 1. The lowest BCUT2D eigenvalue weighted by molar-refractivity contribution is -0.137. The van der Waals surface area contributed by atoms with E-state index in [1.165, 1.54) is 12.1 Å². The number of rotatable bonds is 6. The average Bonchev–Trinajstić information content (AvgIpc) is 3.68. The number of anilines is 1. The van der Waals surface area contributed by atoms with E-state index in [0.29, 0.717) is 30.3 Å². The van der Waals surface area contributed by atoms with Gasteiger partial charge in [0.1, 0.15) is 18.2 Å². The molecule has 5 rings (SSSR count). The molecule has 1 aliphatic heterocycles. The molecule has 1 aliphatic carbocycles. The maximum absolute atomic E-state index is 14.3. The van der Waals surface area contributed by atoms with Gasteiger partial charge in [-0.2, -0.15) is 13.2 Å². The van der Waals surface area contributed by atoms with Gasteiger partial charge in [0, 0.05) is 18.2 Å². The molecule has 1 heterocycles. The monoisotopic (exact) mass is 539 g/mol. The first-order valence-electron chi connectivity index (χ1n) is 11.5. The predicted octanol–water partition coefficient (Wildman–Crippen LogP) is 7.10. The first-order chi connectivity index (χ1) is 17.1. The van der Waals surface area contributed by atoms with Crippen LogP contribution in [0, 0.1) is 5.82 Å². The molecule has 0 N–H and O–H groups in total. The van der Waals surface area contributed by atoms with Gasteiger partial charge in [0.15, 0.2) is 0 Å². The van der Waals surface area contributed by atoms with Gasteiger partial charge in [-0.05, 0) is 79.1 Å². The summed E-state index contributed by atoms with van der Waals surface area (Å²) in [5.41, 5.74) is 1.22. The number of sulfonamides is 1. The van der Waals surface area contributed by atoms with E-state index < -0.39 is 32.5 Å². The van der Waals surface area contributed by atoms with E-state index in [1.54, 1.807) is 12.1 Å². The maximum atomic E-state index is 14.3. The molecule has 1 fully saturated rings. The Kier molecular flexibility index (Phi) is 6.41. The number of hydrogen-bond acceptors (Lipinski definition) is 3. The highest BCUT2D eigenvalue weighted by Gasteiger charge is 2.36. The first-order valence-corrected chi connectivity index (χ1v) is 13.3. The van der Waals surface area contributed by atoms with Crippen LogP contribution in [0.1, 0.15) is 47.4 Å². The van der Waals surface area contributed by atoms with Crippen molar-refractivity contribution in [2.75, 3.05) is 10.8 Å². The number of halogens is 5. The highest BCUT2D eigenvalue weighted by Crippen LogP contribution is 2.48. The molecule has 0 radical (unpaired) electrons. The van der Waals surface area contributed by atoms with Gasteiger partial charge in [-0.25, -0.2) is 12.8 Å². The number of ether oxygens (including phenoxy) is 1. The summed E-state index contributed by atoms with van der Waals surface area (Å²) in [5, 5.41) is 0.217. The van der Waals surface area contributed by atoms with Crippen LogP contribution in [0.5, 0.6) is 5.75 Å². The summed E-state index contributed by atoms with van der Waals surface area (Å²) in [6.07, 6.45) is -1.59. The van der Waals surface area contributed by atoms with Gasteiger partial charge in [-0.3, -0.25) is 4.31 Å². The molecule has 0 unspecified atom stereocenters. The summed E-state index contributed by atoms with van der Waals surface area (Å²) in [5.74, 6) is 0.167. The van der Waals surface area contributed by atoms with Gasteiger partial charge in [0.2, 0.25) is 0 Å². The summed E-state index contributed by atoms with van der Waals surface area (Å²) in [6.45, 7) is -0.0304. The number of aryl methyl sites for hydroxylation is 1. The van der Waals surface area contributed by atoms with Gasteiger partial charge in [0.25, 0.3) is 10.0 Å². The largest absolute Gasteiger partial charge is 0.488 e. The minimum atomic E-state index is -4.67. The summed E-state index contributed by atoms with van der Waals surface area (Å²) in [7, 11) is -4.28. The van der Waals surface area contributed by atoms with E-state index in [1.807, 2.05) is 6.07 Å². The van der Waals surface area contributed by atoms with Crippen molar-refractivity contribution in [3.63, 3.8) is 0 Å². The molecule has 10 heteroatoms. The summed E-state index contributed by atoms with van der Waals surface area (Å²) in [6, 6.07) is 11.6. The smallest absolute Gasteiger partial charge is 0.416 e. The Bertz CT molecular complexity index is 1400. The molecule has 1 saturated carbocycles. The predicted molar refractivity (Wildman–Crippen MR) is 128 cm³/mol. The minimum Gasteiger partial charge on any atom is -0.488 e. The van der Waals surface area contributed by atoms with Crippen LogP contribution >= 0.6 is 11.6 Å². The molecule has 0 amide bonds. The SMILES string of the molecule is O=S(=O)(c1cccc(C(F)(F)F)c1)N1CCCc2cc(C3CC3)c(OCc3c(F)cccc3Cl)cc21. The Morgan fingerprint density at radius 2 is 1.81 bits per heavy atom. The lowest BCUT2D eigenvalue weighted by atomic mass is 9.98. The van der Waals surface area contributed by atoms with Crippen molar-refractivity contribution in [3.8, 4) is 5.75 Å². The van der Waals surface area contributed by atoms with Crippen LogP contribution in [0.2, 0.25) is 5.02 Å². The Morgan fingerprint density at radius 1 is 1.06 bits per heavy atom. The van der Waals surface area contributed by atoms with Crippen molar-refractivity contribution in [3.05, 3.63) is 87.7 Å². The third-order valence-electron chi connectivity index (χ3n) is 6.49. The molecular formula is C26H22ClF4NO3S. The second kappa shape index (κ2) is 9.27. The highest BCUT2D eigenvalue weighted by atomic mass is 35.5. The Labute approximate surface area is 211 Å². The number of benzene rings is 3. The quantitative estimate of drug-likeness (QED) is 0.314. The lowest BCUT2D eigenvalue weighted by Gasteiger charge is -2.32. The lowest BCUT2D eigenvalue weighted by Crippen LogP contribution is -2.35. The molecule has 3 aromatic carbocycles. The third-order valence-corrected chi connectivity index (χ3v) is 8.65. The van der Waals surface area contributed by atoms with Crippen LogP contribution in [-0.4, -0.2) is 15.0 Å². The van der Waals surface area contributed by atoms with Crippen molar-refractivity contribution in [2.45, 2.75) is 49.3 Å². The zero-order valence-corrected chi connectivity index (χ0v) is 20.6. The first kappa shape index (κ1) is 24.9. The molecule has 190 valence electrons. The molecule has 0 bridgehead atoms. The van der Waals surface area contributed by atoms with Gasteiger partial charge < -0.3 is 4.74 Å². The van der Waals surface area contributed by atoms with Gasteiger partial charge in [-0.15, -0.1) is 0 Å². The standard InChI is InChI=1S/C26H22ClF4NO3S/c27-22-7-2-8-23(28)21(22)15-35-25-14-24-17(12-20(25)16-9-10-16)4-3-11-32(24)36(33,34)19-6-1-5-18(13-19)26(29,30)31/h1-2,5-8,12-14,16H,3-4,9-11,15H2. The second-order valence-electron chi connectivity index (χ2n) is 8.99. The zero-order chi connectivity index (χ0) is 25.7. The van der Waals surface area contributed by atoms with E-state index in [4.69, 9.17) is 16.3 Å². The van der Waals surface area contributed by atoms with Crippen LogP contribution in [0.15, 0.2) is 59.5 Å². The molecule has 0 spiro atoms. The molecule has 3 aromatic rings. The van der Waals surface area contributed by atoms with Crippen molar-refractivity contribution in [2.24, 2.45) is 0 Å². The van der Waals surface area contributed by atoms with E-state index in [9.17, 15) is 26.0 Å². The summed E-state index contributed by atoms with van der Waals surface area (Å²) in [4.78, 5) is -0.433. The van der Waals surface area contributed by atoms with Crippen LogP contribution in [0.4, 0.5) is 23.2 Å². The fourth-order valence-corrected chi connectivity index (χ4v) is 6.26. The van der Waals surface area contributed by atoms with Gasteiger partial charge >= 0.3 is 6.18 Å². The van der Waals surface area contributed by atoms with Crippen LogP contribution in [0.3, 0.4) is 0 Å². The Hall–Kier alpha value is -2.78. The van der Waals surface area contributed by atoms with E-state index in [-0.39, 0.29) is 29.7 Å². The molecule has 36 heavy (non-hydrogen) atoms. The van der Waals surface area contributed by atoms with E-state index in [2.05, 4.69) is 0 Å². The molecule has 0 saturated heterocycles. The zero-order valence-electron chi connectivity index (χ0n) is 19.0. The Morgan fingerprint density at radius 3 is 2.50 bits per heavy atom. The molecule has 0 aromatic heterocycles.